The largest absolute Gasteiger partial charge is 0.298 e. The van der Waals surface area contributed by atoms with Gasteiger partial charge in [-0.2, -0.15) is 0 Å². The fourth-order valence-electron chi connectivity index (χ4n) is 1.41. The van der Waals surface area contributed by atoms with Gasteiger partial charge in [-0.3, -0.25) is 9.11 Å². The van der Waals surface area contributed by atoms with Crippen LogP contribution in [0.4, 0.5) is 0 Å². The van der Waals surface area contributed by atoms with E-state index in [9.17, 15) is 4.21 Å². The molecule has 0 aromatic carbocycles. The third-order valence-electron chi connectivity index (χ3n) is 2.12. The molecule has 2 nitrogen and oxygen atoms in total. The number of halogens is 1. The van der Waals surface area contributed by atoms with Crippen LogP contribution in [0.1, 0.15) is 6.42 Å². The van der Waals surface area contributed by atoms with Gasteiger partial charge in [0.05, 0.1) is 0 Å². The van der Waals surface area contributed by atoms with Crippen molar-refractivity contribution in [3.63, 3.8) is 0 Å². The van der Waals surface area contributed by atoms with E-state index >= 15 is 0 Å². The monoisotopic (exact) mass is 221 g/mol. The molecule has 1 aliphatic rings. The highest BCUT2D eigenvalue weighted by Crippen LogP contribution is 2.05. The third-order valence-corrected chi connectivity index (χ3v) is 3.88. The van der Waals surface area contributed by atoms with Gasteiger partial charge >= 0.3 is 0 Å². The van der Waals surface area contributed by atoms with Crippen molar-refractivity contribution in [2.75, 3.05) is 37.0 Å². The van der Waals surface area contributed by atoms with Crippen molar-refractivity contribution < 1.29 is 4.21 Å². The van der Waals surface area contributed by atoms with E-state index in [0.717, 1.165) is 43.1 Å². The van der Waals surface area contributed by atoms with Crippen LogP contribution >= 0.6 is 11.6 Å². The van der Waals surface area contributed by atoms with Crippen molar-refractivity contribution >= 4 is 22.4 Å². The van der Waals surface area contributed by atoms with Crippen LogP contribution in [0, 0.1) is 0 Å². The van der Waals surface area contributed by atoms with Crippen molar-refractivity contribution in [1.82, 2.24) is 4.90 Å². The summed E-state index contributed by atoms with van der Waals surface area (Å²) in [5.41, 5.74) is 1.05. The fraction of sp³-hybridized carbons (Fsp3) is 0.778. The summed E-state index contributed by atoms with van der Waals surface area (Å²) in [6.45, 7) is 6.68. The first-order valence-corrected chi connectivity index (χ1v) is 6.54. The van der Waals surface area contributed by atoms with Gasteiger partial charge < -0.3 is 0 Å². The number of hydrogen-bond donors (Lipinski definition) is 0. The van der Waals surface area contributed by atoms with Crippen LogP contribution in [-0.4, -0.2) is 46.1 Å². The Morgan fingerprint density at radius 3 is 2.92 bits per heavy atom. The Bertz CT molecular complexity index is 208. The third kappa shape index (κ3) is 4.25. The molecule has 1 unspecified atom stereocenters. The highest BCUT2D eigenvalue weighted by molar-refractivity contribution is 7.85. The number of hydrogen-bond acceptors (Lipinski definition) is 2. The Morgan fingerprint density at radius 2 is 2.23 bits per heavy atom. The van der Waals surface area contributed by atoms with Crippen LogP contribution in [0.25, 0.3) is 0 Å². The first-order valence-electron chi connectivity index (χ1n) is 4.52. The lowest BCUT2D eigenvalue weighted by Crippen LogP contribution is -2.28. The van der Waals surface area contributed by atoms with Gasteiger partial charge in [-0.25, -0.2) is 0 Å². The molecule has 1 atom stereocenters. The van der Waals surface area contributed by atoms with Crippen LogP contribution in [0.5, 0.6) is 0 Å². The summed E-state index contributed by atoms with van der Waals surface area (Å²) in [4.78, 5) is 2.29. The van der Waals surface area contributed by atoms with Crippen LogP contribution in [0.2, 0.25) is 0 Å². The smallest absolute Gasteiger partial charge is 0.0443 e. The summed E-state index contributed by atoms with van der Waals surface area (Å²) in [6.07, 6.45) is 1.03. The van der Waals surface area contributed by atoms with Crippen molar-refractivity contribution in [2.45, 2.75) is 6.42 Å². The molecule has 1 heterocycles. The van der Waals surface area contributed by atoms with E-state index in [4.69, 9.17) is 11.6 Å². The predicted octanol–water partition coefficient (Wildman–Crippen LogP) is 1.24. The van der Waals surface area contributed by atoms with E-state index < -0.39 is 10.8 Å². The second kappa shape index (κ2) is 5.78. The zero-order valence-corrected chi connectivity index (χ0v) is 9.37. The van der Waals surface area contributed by atoms with Gasteiger partial charge in [-0.05, 0) is 18.5 Å². The van der Waals surface area contributed by atoms with Crippen LogP contribution < -0.4 is 0 Å². The lowest BCUT2D eigenvalue weighted by Gasteiger charge is -2.19. The maximum absolute atomic E-state index is 11.2. The first kappa shape index (κ1) is 11.2. The molecule has 76 valence electrons. The topological polar surface area (TPSA) is 20.3 Å². The number of alkyl halides is 1. The zero-order valence-electron chi connectivity index (χ0n) is 7.80. The molecule has 0 spiro atoms. The molecule has 1 rings (SSSR count). The Labute approximate surface area is 87.4 Å². The quantitative estimate of drug-likeness (QED) is 0.528. The van der Waals surface area contributed by atoms with E-state index in [1.165, 1.54) is 0 Å². The van der Waals surface area contributed by atoms with Gasteiger partial charge in [-0.15, -0.1) is 11.6 Å². The summed E-state index contributed by atoms with van der Waals surface area (Å²) < 4.78 is 11.2. The van der Waals surface area contributed by atoms with E-state index in [2.05, 4.69) is 11.5 Å². The average Bonchev–Trinajstić information content (AvgIpc) is 2.31. The molecular weight excluding hydrogens is 206 g/mol. The predicted molar refractivity (Wildman–Crippen MR) is 58.8 cm³/mol. The van der Waals surface area contributed by atoms with E-state index in [-0.39, 0.29) is 0 Å². The average molecular weight is 222 g/mol. The molecule has 0 radical (unpaired) electrons. The molecule has 0 aromatic heterocycles. The minimum absolute atomic E-state index is 0.527. The van der Waals surface area contributed by atoms with Crippen molar-refractivity contribution in [2.24, 2.45) is 0 Å². The molecule has 1 aliphatic heterocycles. The van der Waals surface area contributed by atoms with E-state index in [0.29, 0.717) is 5.88 Å². The van der Waals surface area contributed by atoms with Crippen molar-refractivity contribution in [1.29, 1.82) is 0 Å². The lowest BCUT2D eigenvalue weighted by atomic mass is 10.3. The van der Waals surface area contributed by atoms with Gasteiger partial charge in [0.25, 0.3) is 0 Å². The minimum atomic E-state index is -0.599. The van der Waals surface area contributed by atoms with Gasteiger partial charge in [0.2, 0.25) is 0 Å². The van der Waals surface area contributed by atoms with Gasteiger partial charge in [-0.1, -0.05) is 6.58 Å². The van der Waals surface area contributed by atoms with Gasteiger partial charge in [0.15, 0.2) is 0 Å². The number of rotatable bonds is 3. The molecule has 13 heavy (non-hydrogen) atoms. The lowest BCUT2D eigenvalue weighted by molar-refractivity contribution is 0.321. The zero-order chi connectivity index (χ0) is 9.68. The Balaban J connectivity index is 2.33. The van der Waals surface area contributed by atoms with E-state index in [1.807, 2.05) is 0 Å². The standard InChI is InChI=1S/C9H16ClNOS/c1-9(7-10)8-11-3-2-5-13(12)6-4-11/h1-8H2. The second-order valence-electron chi connectivity index (χ2n) is 3.36. The maximum atomic E-state index is 11.2. The summed E-state index contributed by atoms with van der Waals surface area (Å²) in [5, 5.41) is 0. The molecule has 4 heteroatoms. The Hall–Kier alpha value is 0.140. The van der Waals surface area contributed by atoms with Crippen molar-refractivity contribution in [3.05, 3.63) is 12.2 Å². The van der Waals surface area contributed by atoms with Crippen molar-refractivity contribution in [3.8, 4) is 0 Å². The van der Waals surface area contributed by atoms with Gasteiger partial charge in [0.1, 0.15) is 0 Å². The van der Waals surface area contributed by atoms with E-state index in [1.54, 1.807) is 0 Å². The van der Waals surface area contributed by atoms with Crippen LogP contribution in [0.15, 0.2) is 12.2 Å². The molecule has 0 amide bonds. The molecule has 1 fully saturated rings. The first-order chi connectivity index (χ1) is 6.22. The SMILES string of the molecule is C=C(CCl)CN1CCCS(=O)CC1. The summed E-state index contributed by atoms with van der Waals surface area (Å²) >= 11 is 5.65. The molecule has 0 saturated carbocycles. The molecular formula is C9H16ClNOS. The van der Waals surface area contributed by atoms with Crippen LogP contribution in [-0.2, 0) is 10.8 Å². The summed E-state index contributed by atoms with van der Waals surface area (Å²) in [5.74, 6) is 2.18. The second-order valence-corrected chi connectivity index (χ2v) is 5.32. The molecule has 0 N–H and O–H groups in total. The molecule has 0 bridgehead atoms. The Kier molecular flexibility index (Phi) is 4.99. The highest BCUT2D eigenvalue weighted by atomic mass is 35.5. The fourth-order valence-corrected chi connectivity index (χ4v) is 2.61. The maximum Gasteiger partial charge on any atom is 0.0443 e. The number of nitrogens with zero attached hydrogens (tertiary/aromatic N) is 1. The summed E-state index contributed by atoms with van der Waals surface area (Å²) in [6, 6.07) is 0. The highest BCUT2D eigenvalue weighted by Gasteiger charge is 2.12. The normalized spacial score (nSPS) is 25.5. The minimum Gasteiger partial charge on any atom is -0.298 e. The van der Waals surface area contributed by atoms with Gasteiger partial charge in [0, 0.05) is 41.3 Å². The molecule has 0 aliphatic carbocycles. The molecule has 0 aromatic rings. The molecule has 1 saturated heterocycles. The van der Waals surface area contributed by atoms with Crippen LogP contribution in [0.3, 0.4) is 0 Å². The Morgan fingerprint density at radius 1 is 1.46 bits per heavy atom. The summed E-state index contributed by atoms with van der Waals surface area (Å²) in [7, 11) is -0.599.